The minimum atomic E-state index is -0.391. The zero-order valence-corrected chi connectivity index (χ0v) is 12.7. The Morgan fingerprint density at radius 3 is 2.76 bits per heavy atom. The first-order chi connectivity index (χ1) is 10.1. The van der Waals surface area contributed by atoms with E-state index in [0.717, 1.165) is 11.8 Å². The van der Waals surface area contributed by atoms with E-state index in [1.807, 2.05) is 0 Å². The third-order valence-corrected chi connectivity index (χ3v) is 5.30. The van der Waals surface area contributed by atoms with Crippen molar-refractivity contribution in [1.29, 1.82) is 0 Å². The molecule has 2 N–H and O–H groups in total. The summed E-state index contributed by atoms with van der Waals surface area (Å²) in [5.41, 5.74) is 0.655. The van der Waals surface area contributed by atoms with Crippen LogP contribution in [0.15, 0.2) is 18.2 Å². The highest BCUT2D eigenvalue weighted by Gasteiger charge is 2.42. The van der Waals surface area contributed by atoms with Crippen LogP contribution < -0.4 is 10.6 Å². The van der Waals surface area contributed by atoms with E-state index in [1.54, 1.807) is 19.2 Å². The minimum Gasteiger partial charge on any atom is -0.385 e. The second-order valence-electron chi connectivity index (χ2n) is 6.51. The van der Waals surface area contributed by atoms with Crippen LogP contribution in [0.2, 0.25) is 0 Å². The van der Waals surface area contributed by atoms with Crippen LogP contribution in [0.4, 0.5) is 10.1 Å². The third kappa shape index (κ3) is 2.63. The topological polar surface area (TPSA) is 41.1 Å². The average molecular weight is 290 g/mol. The molecule has 1 aromatic rings. The molecule has 3 nitrogen and oxygen atoms in total. The van der Waals surface area contributed by atoms with Gasteiger partial charge in [0.05, 0.1) is 11.3 Å². The molecule has 0 spiro atoms. The molecule has 3 rings (SSSR count). The third-order valence-electron chi connectivity index (χ3n) is 5.30. The maximum atomic E-state index is 13.7. The van der Waals surface area contributed by atoms with Gasteiger partial charge in [0, 0.05) is 13.1 Å². The number of fused-ring (bicyclic) bond motifs is 2. The van der Waals surface area contributed by atoms with Crippen molar-refractivity contribution in [3.05, 3.63) is 29.6 Å². The van der Waals surface area contributed by atoms with Crippen LogP contribution in [0.1, 0.15) is 43.0 Å². The van der Waals surface area contributed by atoms with Crippen molar-refractivity contribution in [2.75, 3.05) is 12.4 Å². The molecule has 1 aromatic carbocycles. The number of hydrogen-bond donors (Lipinski definition) is 2. The fourth-order valence-corrected chi connectivity index (χ4v) is 4.27. The Hall–Kier alpha value is -1.58. The molecule has 2 aliphatic carbocycles. The molecule has 1 amide bonds. The van der Waals surface area contributed by atoms with E-state index in [9.17, 15) is 9.18 Å². The second-order valence-corrected chi connectivity index (χ2v) is 6.51. The molecule has 0 saturated heterocycles. The lowest BCUT2D eigenvalue weighted by atomic mass is 9.84. The molecule has 21 heavy (non-hydrogen) atoms. The van der Waals surface area contributed by atoms with Crippen molar-refractivity contribution >= 4 is 11.6 Å². The molecule has 114 valence electrons. The van der Waals surface area contributed by atoms with Gasteiger partial charge in [0.2, 0.25) is 0 Å². The molecule has 0 radical (unpaired) electrons. The normalized spacial score (nSPS) is 28.4. The van der Waals surface area contributed by atoms with Crippen LogP contribution in [0.25, 0.3) is 0 Å². The van der Waals surface area contributed by atoms with E-state index in [1.165, 1.54) is 31.7 Å². The molecule has 4 atom stereocenters. The molecule has 2 fully saturated rings. The van der Waals surface area contributed by atoms with Crippen LogP contribution in [0.5, 0.6) is 0 Å². The van der Waals surface area contributed by atoms with Gasteiger partial charge in [-0.1, -0.05) is 12.5 Å². The van der Waals surface area contributed by atoms with Crippen LogP contribution in [-0.2, 0) is 0 Å². The molecule has 2 bridgehead atoms. The van der Waals surface area contributed by atoms with Gasteiger partial charge in [0.1, 0.15) is 5.82 Å². The summed E-state index contributed by atoms with van der Waals surface area (Å²) < 4.78 is 13.7. The summed E-state index contributed by atoms with van der Waals surface area (Å²) in [7, 11) is 1.63. The number of benzene rings is 1. The first kappa shape index (κ1) is 14.4. The maximum absolute atomic E-state index is 13.7. The Balaban J connectivity index is 1.70. The highest BCUT2D eigenvalue weighted by molar-refractivity contribution is 5.99. The van der Waals surface area contributed by atoms with E-state index >= 15 is 0 Å². The Bertz CT molecular complexity index is 546. The SMILES string of the molecule is CNc1c(F)cccc1C(=O)NC(C)C1CC2CCC1C2. The first-order valence-electron chi connectivity index (χ1n) is 7.87. The first-order valence-corrected chi connectivity index (χ1v) is 7.87. The quantitative estimate of drug-likeness (QED) is 0.892. The summed E-state index contributed by atoms with van der Waals surface area (Å²) in [6.07, 6.45) is 5.22. The molecule has 2 saturated carbocycles. The summed E-state index contributed by atoms with van der Waals surface area (Å²) in [6, 6.07) is 4.76. The lowest BCUT2D eigenvalue weighted by molar-refractivity contribution is 0.0915. The largest absolute Gasteiger partial charge is 0.385 e. The predicted molar refractivity (Wildman–Crippen MR) is 81.8 cm³/mol. The van der Waals surface area contributed by atoms with Crippen molar-refractivity contribution in [3.8, 4) is 0 Å². The fraction of sp³-hybridized carbons (Fsp3) is 0.588. The maximum Gasteiger partial charge on any atom is 0.253 e. The van der Waals surface area contributed by atoms with Crippen molar-refractivity contribution in [2.45, 2.75) is 38.6 Å². The Morgan fingerprint density at radius 1 is 1.33 bits per heavy atom. The van der Waals surface area contributed by atoms with Crippen LogP contribution >= 0.6 is 0 Å². The van der Waals surface area contributed by atoms with Gasteiger partial charge in [-0.05, 0) is 56.1 Å². The number of carbonyl (C=O) groups is 1. The summed E-state index contributed by atoms with van der Waals surface area (Å²) in [4.78, 5) is 12.4. The summed E-state index contributed by atoms with van der Waals surface area (Å²) in [5.74, 6) is 1.63. The molecule has 0 heterocycles. The monoisotopic (exact) mass is 290 g/mol. The Labute approximate surface area is 125 Å². The lowest BCUT2D eigenvalue weighted by Crippen LogP contribution is -2.40. The Kier molecular flexibility index (Phi) is 3.87. The van der Waals surface area contributed by atoms with E-state index in [-0.39, 0.29) is 17.6 Å². The van der Waals surface area contributed by atoms with E-state index in [4.69, 9.17) is 0 Å². The summed E-state index contributed by atoms with van der Waals surface area (Å²) in [6.45, 7) is 2.08. The van der Waals surface area contributed by atoms with Gasteiger partial charge in [-0.25, -0.2) is 4.39 Å². The molecule has 4 heteroatoms. The van der Waals surface area contributed by atoms with Gasteiger partial charge in [0.25, 0.3) is 5.91 Å². The van der Waals surface area contributed by atoms with Crippen molar-refractivity contribution in [2.24, 2.45) is 17.8 Å². The number of para-hydroxylation sites is 1. The molecule has 0 aromatic heterocycles. The van der Waals surface area contributed by atoms with Crippen LogP contribution in [0.3, 0.4) is 0 Å². The standard InChI is InChI=1S/C17H23FN2O/c1-10(14-9-11-6-7-12(14)8-11)20-17(21)13-4-3-5-15(18)16(13)19-2/h3-5,10-12,14,19H,6-9H2,1-2H3,(H,20,21). The predicted octanol–water partition coefficient (Wildman–Crippen LogP) is 3.42. The zero-order valence-electron chi connectivity index (χ0n) is 12.7. The van der Waals surface area contributed by atoms with Gasteiger partial charge < -0.3 is 10.6 Å². The van der Waals surface area contributed by atoms with Crippen molar-refractivity contribution in [3.63, 3.8) is 0 Å². The molecule has 2 aliphatic rings. The molecular formula is C17H23FN2O. The molecule has 0 aliphatic heterocycles. The highest BCUT2D eigenvalue weighted by atomic mass is 19.1. The number of halogens is 1. The second kappa shape index (κ2) is 5.66. The fourth-order valence-electron chi connectivity index (χ4n) is 4.27. The average Bonchev–Trinajstić information content (AvgIpc) is 3.09. The highest BCUT2D eigenvalue weighted by Crippen LogP contribution is 2.49. The van der Waals surface area contributed by atoms with Gasteiger partial charge in [-0.2, -0.15) is 0 Å². The lowest BCUT2D eigenvalue weighted by Gasteiger charge is -2.28. The van der Waals surface area contributed by atoms with Gasteiger partial charge in [-0.15, -0.1) is 0 Å². The van der Waals surface area contributed by atoms with Crippen molar-refractivity contribution < 1.29 is 9.18 Å². The number of nitrogens with one attached hydrogen (secondary N) is 2. The number of carbonyl (C=O) groups excluding carboxylic acids is 1. The van der Waals surface area contributed by atoms with Gasteiger partial charge in [0.15, 0.2) is 0 Å². The number of anilines is 1. The van der Waals surface area contributed by atoms with Crippen LogP contribution in [-0.4, -0.2) is 19.0 Å². The van der Waals surface area contributed by atoms with Gasteiger partial charge >= 0.3 is 0 Å². The zero-order chi connectivity index (χ0) is 15.0. The van der Waals surface area contributed by atoms with Gasteiger partial charge in [-0.3, -0.25) is 4.79 Å². The Morgan fingerprint density at radius 2 is 2.14 bits per heavy atom. The van der Waals surface area contributed by atoms with E-state index in [2.05, 4.69) is 17.6 Å². The summed E-state index contributed by atoms with van der Waals surface area (Å²) in [5, 5.41) is 5.86. The van der Waals surface area contributed by atoms with E-state index < -0.39 is 5.82 Å². The summed E-state index contributed by atoms with van der Waals surface area (Å²) >= 11 is 0. The van der Waals surface area contributed by atoms with E-state index in [0.29, 0.717) is 11.5 Å². The number of rotatable bonds is 4. The minimum absolute atomic E-state index is 0.153. The molecular weight excluding hydrogens is 267 g/mol. The molecule has 4 unspecified atom stereocenters. The number of amides is 1. The number of hydrogen-bond acceptors (Lipinski definition) is 2. The van der Waals surface area contributed by atoms with Crippen LogP contribution in [0, 0.1) is 23.6 Å². The van der Waals surface area contributed by atoms with Crippen molar-refractivity contribution in [1.82, 2.24) is 5.32 Å². The smallest absolute Gasteiger partial charge is 0.253 e.